The maximum atomic E-state index is 13.3. The topological polar surface area (TPSA) is 122 Å². The fourth-order valence-corrected chi connectivity index (χ4v) is 3.35. The highest BCUT2D eigenvalue weighted by atomic mass is 16.5. The predicted octanol–water partition coefficient (Wildman–Crippen LogP) is 2.43. The van der Waals surface area contributed by atoms with Crippen LogP contribution in [0.5, 0.6) is 11.5 Å². The molecule has 3 aromatic rings. The summed E-state index contributed by atoms with van der Waals surface area (Å²) in [7, 11) is 4.09. The number of aromatic nitrogens is 3. The fraction of sp³-hybridized carbons (Fsp3) is 0.318. The van der Waals surface area contributed by atoms with Gasteiger partial charge in [-0.3, -0.25) is 9.59 Å². The molecule has 0 spiro atoms. The molecule has 0 saturated heterocycles. The number of carbonyl (C=O) groups excluding carboxylic acids is 2. The second-order valence-electron chi connectivity index (χ2n) is 7.28. The van der Waals surface area contributed by atoms with Gasteiger partial charge in [0.1, 0.15) is 11.6 Å². The van der Waals surface area contributed by atoms with Crippen molar-refractivity contribution >= 4 is 28.5 Å². The maximum Gasteiger partial charge on any atom is 0.340 e. The lowest BCUT2D eigenvalue weighted by Gasteiger charge is -2.22. The minimum Gasteiger partial charge on any atom is -0.493 e. The molecule has 10 heteroatoms. The van der Waals surface area contributed by atoms with Gasteiger partial charge in [-0.05, 0) is 18.1 Å². The van der Waals surface area contributed by atoms with E-state index in [1.54, 1.807) is 38.1 Å². The van der Waals surface area contributed by atoms with Crippen LogP contribution in [0.2, 0.25) is 0 Å². The van der Waals surface area contributed by atoms with Crippen LogP contribution >= 0.6 is 0 Å². The average molecular weight is 440 g/mol. The number of hydrogen-bond donors (Lipinski definition) is 1. The van der Waals surface area contributed by atoms with Crippen molar-refractivity contribution in [2.45, 2.75) is 19.9 Å². The number of nitrogens with zero attached hydrogens (tertiary/aromatic N) is 3. The highest BCUT2D eigenvalue weighted by Crippen LogP contribution is 2.34. The molecular formula is C22H24N4O6. The molecule has 10 nitrogen and oxygen atoms in total. The van der Waals surface area contributed by atoms with Gasteiger partial charge in [0, 0.05) is 12.1 Å². The Morgan fingerprint density at radius 3 is 2.31 bits per heavy atom. The normalized spacial score (nSPS) is 11.8. The smallest absolute Gasteiger partial charge is 0.340 e. The van der Waals surface area contributed by atoms with Gasteiger partial charge in [0.05, 0.1) is 38.0 Å². The van der Waals surface area contributed by atoms with Crippen LogP contribution in [0.25, 0.3) is 10.9 Å². The maximum absolute atomic E-state index is 13.3. The van der Waals surface area contributed by atoms with Gasteiger partial charge in [0.15, 0.2) is 11.5 Å². The molecular weight excluding hydrogens is 416 g/mol. The van der Waals surface area contributed by atoms with Crippen LogP contribution in [-0.2, 0) is 9.53 Å². The summed E-state index contributed by atoms with van der Waals surface area (Å²) in [4.78, 5) is 38.6. The van der Waals surface area contributed by atoms with E-state index in [0.29, 0.717) is 22.4 Å². The number of benzene rings is 2. The Labute approximate surface area is 184 Å². The molecule has 0 saturated carbocycles. The number of carbonyl (C=O) groups is 2. The van der Waals surface area contributed by atoms with Crippen molar-refractivity contribution in [3.05, 3.63) is 52.3 Å². The number of nitrogens with one attached hydrogen (secondary N) is 1. The summed E-state index contributed by atoms with van der Waals surface area (Å²) < 4.78 is 16.4. The zero-order valence-corrected chi connectivity index (χ0v) is 18.4. The van der Waals surface area contributed by atoms with Crippen molar-refractivity contribution in [2.24, 2.45) is 5.92 Å². The lowest BCUT2D eigenvalue weighted by molar-refractivity contribution is -0.120. The van der Waals surface area contributed by atoms with Gasteiger partial charge < -0.3 is 19.5 Å². The number of esters is 1. The molecule has 0 aliphatic carbocycles. The molecule has 32 heavy (non-hydrogen) atoms. The third-order valence-electron chi connectivity index (χ3n) is 4.94. The van der Waals surface area contributed by atoms with E-state index in [-0.39, 0.29) is 17.2 Å². The second-order valence-corrected chi connectivity index (χ2v) is 7.28. The van der Waals surface area contributed by atoms with Crippen molar-refractivity contribution in [1.82, 2.24) is 15.0 Å². The molecule has 0 aliphatic heterocycles. The number of fused-ring (bicyclic) bond motifs is 1. The molecule has 1 heterocycles. The van der Waals surface area contributed by atoms with Crippen LogP contribution < -0.4 is 20.3 Å². The van der Waals surface area contributed by atoms with Gasteiger partial charge in [-0.2, -0.15) is 4.68 Å². The Bertz CT molecular complexity index is 1220. The second kappa shape index (κ2) is 9.46. The van der Waals surface area contributed by atoms with E-state index >= 15 is 0 Å². The first-order valence-electron chi connectivity index (χ1n) is 9.81. The van der Waals surface area contributed by atoms with Crippen LogP contribution in [0.3, 0.4) is 0 Å². The lowest BCUT2D eigenvalue weighted by Crippen LogP contribution is -2.38. The van der Waals surface area contributed by atoms with Gasteiger partial charge in [0.2, 0.25) is 5.91 Å². The number of ether oxygens (including phenoxy) is 3. The van der Waals surface area contributed by atoms with Gasteiger partial charge in [-0.1, -0.05) is 31.2 Å². The standard InChI is InChI=1S/C22H24N4O6/c1-12(2)19(26-21(28)13-8-6-7-9-15(13)24-25-26)20(27)23-16-11-18(31-4)17(30-3)10-14(16)22(29)32-5/h6-12,19H,1-5H3,(H,23,27). The number of methoxy groups -OCH3 is 3. The van der Waals surface area contributed by atoms with Crippen molar-refractivity contribution < 1.29 is 23.8 Å². The Morgan fingerprint density at radius 2 is 1.69 bits per heavy atom. The van der Waals surface area contributed by atoms with Gasteiger partial charge in [0.25, 0.3) is 5.56 Å². The summed E-state index contributed by atoms with van der Waals surface area (Å²) in [5, 5.41) is 11.1. The zero-order chi connectivity index (χ0) is 23.4. The molecule has 3 rings (SSSR count). The summed E-state index contributed by atoms with van der Waals surface area (Å²) in [5.41, 5.74) is 0.208. The number of amides is 1. The van der Waals surface area contributed by atoms with E-state index in [0.717, 1.165) is 4.68 Å². The molecule has 168 valence electrons. The molecule has 1 amide bonds. The highest BCUT2D eigenvalue weighted by Gasteiger charge is 2.29. The largest absolute Gasteiger partial charge is 0.493 e. The predicted molar refractivity (Wildman–Crippen MR) is 117 cm³/mol. The van der Waals surface area contributed by atoms with Gasteiger partial charge in [-0.25, -0.2) is 4.79 Å². The van der Waals surface area contributed by atoms with Crippen LogP contribution in [0.15, 0.2) is 41.2 Å². The van der Waals surface area contributed by atoms with Crippen molar-refractivity contribution in [1.29, 1.82) is 0 Å². The Morgan fingerprint density at radius 1 is 1.03 bits per heavy atom. The third kappa shape index (κ3) is 4.25. The summed E-state index contributed by atoms with van der Waals surface area (Å²) >= 11 is 0. The van der Waals surface area contributed by atoms with Crippen molar-refractivity contribution in [3.8, 4) is 11.5 Å². The van der Waals surface area contributed by atoms with E-state index in [9.17, 15) is 14.4 Å². The first-order valence-corrected chi connectivity index (χ1v) is 9.81. The van der Waals surface area contributed by atoms with E-state index < -0.39 is 23.5 Å². The highest BCUT2D eigenvalue weighted by molar-refractivity contribution is 6.03. The molecule has 0 bridgehead atoms. The summed E-state index contributed by atoms with van der Waals surface area (Å²) in [6, 6.07) is 8.64. The summed E-state index contributed by atoms with van der Waals surface area (Å²) in [6.07, 6.45) is 0. The van der Waals surface area contributed by atoms with Crippen LogP contribution in [0.4, 0.5) is 5.69 Å². The van der Waals surface area contributed by atoms with E-state index in [1.807, 2.05) is 0 Å². The number of hydrogen-bond acceptors (Lipinski definition) is 8. The monoisotopic (exact) mass is 440 g/mol. The van der Waals surface area contributed by atoms with Gasteiger partial charge >= 0.3 is 5.97 Å². The Hall–Kier alpha value is -3.95. The quantitative estimate of drug-likeness (QED) is 0.556. The minimum atomic E-state index is -0.988. The SMILES string of the molecule is COC(=O)c1cc(OC)c(OC)cc1NC(=O)C(C(C)C)n1nnc2ccccc2c1=O. The Kier molecular flexibility index (Phi) is 6.72. The van der Waals surface area contributed by atoms with E-state index in [1.165, 1.54) is 33.5 Å². The van der Waals surface area contributed by atoms with Crippen LogP contribution in [0, 0.1) is 5.92 Å². The first kappa shape index (κ1) is 22.7. The summed E-state index contributed by atoms with van der Waals surface area (Å²) in [6.45, 7) is 3.56. The third-order valence-corrected chi connectivity index (χ3v) is 4.94. The number of rotatable bonds is 7. The molecule has 1 N–H and O–H groups in total. The van der Waals surface area contributed by atoms with Gasteiger partial charge in [-0.15, -0.1) is 5.10 Å². The lowest BCUT2D eigenvalue weighted by atomic mass is 10.0. The van der Waals surface area contributed by atoms with Crippen molar-refractivity contribution in [3.63, 3.8) is 0 Å². The first-order chi connectivity index (χ1) is 15.3. The minimum absolute atomic E-state index is 0.0675. The number of anilines is 1. The molecule has 1 atom stereocenters. The van der Waals surface area contributed by atoms with E-state index in [4.69, 9.17) is 14.2 Å². The summed E-state index contributed by atoms with van der Waals surface area (Å²) in [5.74, 6) is -0.943. The van der Waals surface area contributed by atoms with Crippen molar-refractivity contribution in [2.75, 3.05) is 26.6 Å². The molecule has 0 radical (unpaired) electrons. The molecule has 1 aromatic heterocycles. The molecule has 1 unspecified atom stereocenters. The van der Waals surface area contributed by atoms with E-state index in [2.05, 4.69) is 15.6 Å². The van der Waals surface area contributed by atoms with Crippen LogP contribution in [0.1, 0.15) is 30.2 Å². The average Bonchev–Trinajstić information content (AvgIpc) is 2.79. The zero-order valence-electron chi connectivity index (χ0n) is 18.4. The molecule has 2 aromatic carbocycles. The molecule has 0 fully saturated rings. The Balaban J connectivity index is 2.07. The molecule has 0 aliphatic rings. The van der Waals surface area contributed by atoms with Crippen LogP contribution in [-0.4, -0.2) is 48.2 Å². The fourth-order valence-electron chi connectivity index (χ4n) is 3.35.